The summed E-state index contributed by atoms with van der Waals surface area (Å²) in [6, 6.07) is 11.5. The molecular formula is C15H17FN2O4S2. The summed E-state index contributed by atoms with van der Waals surface area (Å²) in [4.78, 5) is -0.415. The van der Waals surface area contributed by atoms with Gasteiger partial charge in [-0.3, -0.25) is 0 Å². The molecule has 0 aliphatic carbocycles. The molecule has 0 fully saturated rings. The van der Waals surface area contributed by atoms with Gasteiger partial charge in [-0.2, -0.15) is 0 Å². The fourth-order valence-corrected chi connectivity index (χ4v) is 3.83. The summed E-state index contributed by atoms with van der Waals surface area (Å²) in [6.07, 6.45) is 0. The van der Waals surface area contributed by atoms with Gasteiger partial charge in [-0.25, -0.2) is 30.7 Å². The molecule has 0 bridgehead atoms. The van der Waals surface area contributed by atoms with Crippen molar-refractivity contribution in [1.29, 1.82) is 0 Å². The molecule has 2 rings (SSSR count). The molecule has 0 radical (unpaired) electrons. The first-order chi connectivity index (χ1) is 11.2. The third kappa shape index (κ3) is 4.84. The van der Waals surface area contributed by atoms with Crippen molar-refractivity contribution in [2.75, 3.05) is 7.05 Å². The lowest BCUT2D eigenvalue weighted by atomic mass is 10.1. The predicted molar refractivity (Wildman–Crippen MR) is 88.6 cm³/mol. The first kappa shape index (κ1) is 18.5. The maximum Gasteiger partial charge on any atom is 0.243 e. The minimum Gasteiger partial charge on any atom is -0.218 e. The number of nitrogens with one attached hydrogen (secondary N) is 2. The number of sulfonamides is 2. The van der Waals surface area contributed by atoms with Crippen LogP contribution in [0, 0.1) is 5.82 Å². The molecule has 0 aliphatic rings. The van der Waals surface area contributed by atoms with Gasteiger partial charge in [-0.05, 0) is 30.3 Å². The number of rotatable bonds is 7. The van der Waals surface area contributed by atoms with E-state index in [-0.39, 0.29) is 12.3 Å². The Morgan fingerprint density at radius 2 is 1.50 bits per heavy atom. The van der Waals surface area contributed by atoms with Gasteiger partial charge in [0.05, 0.1) is 5.75 Å². The molecule has 0 saturated carbocycles. The van der Waals surface area contributed by atoms with Crippen LogP contribution in [0.25, 0.3) is 0 Å². The van der Waals surface area contributed by atoms with Crippen molar-refractivity contribution in [2.24, 2.45) is 0 Å². The lowest BCUT2D eigenvalue weighted by Crippen LogP contribution is -2.24. The molecule has 0 atom stereocenters. The first-order valence-electron chi connectivity index (χ1n) is 6.97. The second-order valence-corrected chi connectivity index (χ2v) is 8.70. The lowest BCUT2D eigenvalue weighted by Gasteiger charge is -2.08. The summed E-state index contributed by atoms with van der Waals surface area (Å²) >= 11 is 0. The summed E-state index contributed by atoms with van der Waals surface area (Å²) in [6.45, 7) is -0.0320. The largest absolute Gasteiger partial charge is 0.243 e. The summed E-state index contributed by atoms with van der Waals surface area (Å²) in [5.74, 6) is -0.984. The van der Waals surface area contributed by atoms with E-state index in [0.717, 1.165) is 6.07 Å². The van der Waals surface area contributed by atoms with Gasteiger partial charge in [0.2, 0.25) is 20.0 Å². The Balaban J connectivity index is 2.06. The smallest absolute Gasteiger partial charge is 0.218 e. The first-order valence-corrected chi connectivity index (χ1v) is 10.1. The zero-order valence-electron chi connectivity index (χ0n) is 12.9. The number of halogens is 1. The Morgan fingerprint density at radius 1 is 0.917 bits per heavy atom. The van der Waals surface area contributed by atoms with Crippen LogP contribution in [-0.2, 0) is 32.3 Å². The van der Waals surface area contributed by atoms with E-state index in [1.54, 1.807) is 24.3 Å². The normalized spacial score (nSPS) is 12.2. The third-order valence-corrected chi connectivity index (χ3v) is 6.05. The quantitative estimate of drug-likeness (QED) is 0.767. The van der Waals surface area contributed by atoms with Crippen LogP contribution in [0.2, 0.25) is 0 Å². The van der Waals surface area contributed by atoms with Crippen molar-refractivity contribution in [1.82, 2.24) is 9.44 Å². The molecule has 0 aliphatic heterocycles. The van der Waals surface area contributed by atoms with Crippen LogP contribution in [-0.4, -0.2) is 23.9 Å². The van der Waals surface area contributed by atoms with Gasteiger partial charge in [-0.15, -0.1) is 0 Å². The molecule has 0 spiro atoms. The molecule has 0 heterocycles. The average Bonchev–Trinajstić information content (AvgIpc) is 2.54. The van der Waals surface area contributed by atoms with Crippen molar-refractivity contribution in [3.63, 3.8) is 0 Å². The Hall–Kier alpha value is -1.81. The minimum atomic E-state index is -3.96. The lowest BCUT2D eigenvalue weighted by molar-refractivity contribution is 0.556. The van der Waals surface area contributed by atoms with E-state index in [2.05, 4.69) is 9.44 Å². The second-order valence-electron chi connectivity index (χ2n) is 5.03. The van der Waals surface area contributed by atoms with Crippen molar-refractivity contribution in [3.05, 3.63) is 65.5 Å². The van der Waals surface area contributed by atoms with Crippen LogP contribution in [0.3, 0.4) is 0 Å². The summed E-state index contributed by atoms with van der Waals surface area (Å²) in [5, 5.41) is 0. The van der Waals surface area contributed by atoms with Crippen LogP contribution >= 0.6 is 0 Å². The van der Waals surface area contributed by atoms with Crippen molar-refractivity contribution in [2.45, 2.75) is 17.2 Å². The SMILES string of the molecule is CNS(=O)(=O)Cc1ccc(CNS(=O)(=O)c2ccccc2F)cc1. The van der Waals surface area contributed by atoms with Crippen LogP contribution < -0.4 is 9.44 Å². The van der Waals surface area contributed by atoms with E-state index < -0.39 is 30.8 Å². The Bertz CT molecular complexity index is 911. The van der Waals surface area contributed by atoms with E-state index in [1.807, 2.05) is 0 Å². The van der Waals surface area contributed by atoms with Gasteiger partial charge in [-0.1, -0.05) is 36.4 Å². The monoisotopic (exact) mass is 372 g/mol. The summed E-state index contributed by atoms with van der Waals surface area (Å²) in [5.41, 5.74) is 1.20. The van der Waals surface area contributed by atoms with Crippen molar-refractivity contribution < 1.29 is 21.2 Å². The summed E-state index contributed by atoms with van der Waals surface area (Å²) < 4.78 is 65.2. The van der Waals surface area contributed by atoms with E-state index in [1.165, 1.54) is 25.2 Å². The molecule has 2 N–H and O–H groups in total. The fraction of sp³-hybridized carbons (Fsp3) is 0.200. The van der Waals surface area contributed by atoms with E-state index >= 15 is 0 Å². The van der Waals surface area contributed by atoms with Gasteiger partial charge in [0.25, 0.3) is 0 Å². The zero-order chi connectivity index (χ0) is 17.8. The zero-order valence-corrected chi connectivity index (χ0v) is 14.5. The van der Waals surface area contributed by atoms with Gasteiger partial charge < -0.3 is 0 Å². The predicted octanol–water partition coefficient (Wildman–Crippen LogP) is 1.35. The standard InChI is InChI=1S/C15H17FN2O4S2/c1-17-23(19,20)11-13-8-6-12(7-9-13)10-18-24(21,22)15-5-3-2-4-14(15)16/h2-9,17-18H,10-11H2,1H3. The van der Waals surface area contributed by atoms with Gasteiger partial charge in [0.1, 0.15) is 10.7 Å². The molecule has 24 heavy (non-hydrogen) atoms. The Labute approximate surface area is 140 Å². The molecule has 9 heteroatoms. The van der Waals surface area contributed by atoms with Crippen LogP contribution in [0.15, 0.2) is 53.4 Å². The highest BCUT2D eigenvalue weighted by atomic mass is 32.2. The molecule has 0 saturated heterocycles. The van der Waals surface area contributed by atoms with Gasteiger partial charge >= 0.3 is 0 Å². The molecule has 130 valence electrons. The molecule has 0 amide bonds. The van der Waals surface area contributed by atoms with Crippen LogP contribution in [0.4, 0.5) is 4.39 Å². The van der Waals surface area contributed by atoms with Gasteiger partial charge in [0.15, 0.2) is 0 Å². The molecule has 2 aromatic rings. The van der Waals surface area contributed by atoms with E-state index in [0.29, 0.717) is 11.1 Å². The highest BCUT2D eigenvalue weighted by molar-refractivity contribution is 7.89. The van der Waals surface area contributed by atoms with Gasteiger partial charge in [0, 0.05) is 6.54 Å². The fourth-order valence-electron chi connectivity index (χ4n) is 1.96. The molecule has 6 nitrogen and oxygen atoms in total. The number of hydrogen-bond donors (Lipinski definition) is 2. The van der Waals surface area contributed by atoms with Crippen LogP contribution in [0.5, 0.6) is 0 Å². The minimum absolute atomic E-state index is 0.0320. The maximum absolute atomic E-state index is 13.6. The van der Waals surface area contributed by atoms with Crippen molar-refractivity contribution >= 4 is 20.0 Å². The number of hydrogen-bond acceptors (Lipinski definition) is 4. The average molecular weight is 372 g/mol. The Kier molecular flexibility index (Phi) is 5.70. The van der Waals surface area contributed by atoms with Crippen LogP contribution in [0.1, 0.15) is 11.1 Å². The van der Waals surface area contributed by atoms with E-state index in [9.17, 15) is 21.2 Å². The number of benzene rings is 2. The molecule has 0 unspecified atom stereocenters. The molecular weight excluding hydrogens is 355 g/mol. The van der Waals surface area contributed by atoms with Crippen molar-refractivity contribution in [3.8, 4) is 0 Å². The second kappa shape index (κ2) is 7.39. The highest BCUT2D eigenvalue weighted by Crippen LogP contribution is 2.14. The molecule has 2 aromatic carbocycles. The maximum atomic E-state index is 13.6. The summed E-state index contributed by atoms with van der Waals surface area (Å²) in [7, 11) is -5.99. The van der Waals surface area contributed by atoms with E-state index in [4.69, 9.17) is 0 Å². The highest BCUT2D eigenvalue weighted by Gasteiger charge is 2.18. The topological polar surface area (TPSA) is 92.3 Å². The third-order valence-electron chi connectivity index (χ3n) is 3.28. The Morgan fingerprint density at radius 3 is 2.08 bits per heavy atom. The molecule has 0 aromatic heterocycles.